The Morgan fingerprint density at radius 2 is 2.18 bits per heavy atom. The van der Waals surface area contributed by atoms with E-state index in [1.54, 1.807) is 0 Å². The van der Waals surface area contributed by atoms with Gasteiger partial charge < -0.3 is 4.74 Å². The zero-order valence-corrected chi connectivity index (χ0v) is 11.9. The smallest absolute Gasteiger partial charge is 0.312 e. The number of carbonyl (C=O) groups excluding carboxylic acids is 1. The van der Waals surface area contributed by atoms with Crippen LogP contribution in [0.25, 0.3) is 0 Å². The van der Waals surface area contributed by atoms with Gasteiger partial charge in [-0.3, -0.25) is 4.79 Å². The Labute approximate surface area is 113 Å². The van der Waals surface area contributed by atoms with Gasteiger partial charge in [0, 0.05) is 5.56 Å². The number of hydrogen-bond donors (Lipinski definition) is 1. The lowest BCUT2D eigenvalue weighted by Crippen LogP contribution is -2.15. The van der Waals surface area contributed by atoms with Crippen molar-refractivity contribution in [2.75, 3.05) is 7.11 Å². The first-order valence-electron chi connectivity index (χ1n) is 5.45. The van der Waals surface area contributed by atoms with E-state index in [0.29, 0.717) is 4.20 Å². The van der Waals surface area contributed by atoms with E-state index in [-0.39, 0.29) is 11.9 Å². The fourth-order valence-electron chi connectivity index (χ4n) is 1.91. The molecule has 0 saturated heterocycles. The van der Waals surface area contributed by atoms with Gasteiger partial charge in [0.1, 0.15) is 0 Å². The van der Waals surface area contributed by atoms with Crippen molar-refractivity contribution in [3.05, 3.63) is 34.9 Å². The summed E-state index contributed by atoms with van der Waals surface area (Å²) in [7, 11) is 1.39. The van der Waals surface area contributed by atoms with Crippen LogP contribution in [-0.4, -0.2) is 17.3 Å². The number of esters is 1. The average Bonchev–Trinajstić information content (AvgIpc) is 2.35. The fraction of sp³-hybridized carbons (Fsp3) is 0.385. The van der Waals surface area contributed by atoms with E-state index in [1.165, 1.54) is 7.11 Å². The minimum Gasteiger partial charge on any atom is -0.469 e. The molecule has 0 aromatic heterocycles. The molecule has 0 spiro atoms. The molecule has 0 radical (unpaired) electrons. The maximum absolute atomic E-state index is 11.7. The van der Waals surface area contributed by atoms with E-state index < -0.39 is 0 Å². The second-order valence-electron chi connectivity index (χ2n) is 3.78. The quantitative estimate of drug-likeness (QED) is 0.516. The molecule has 0 amide bonds. The van der Waals surface area contributed by atoms with E-state index in [4.69, 9.17) is 17.0 Å². The van der Waals surface area contributed by atoms with Gasteiger partial charge in [0.15, 0.2) is 0 Å². The lowest BCUT2D eigenvalue weighted by atomic mass is 9.90. The van der Waals surface area contributed by atoms with E-state index in [1.807, 2.05) is 32.0 Å². The van der Waals surface area contributed by atoms with Gasteiger partial charge in [-0.2, -0.15) is 0 Å². The standard InChI is InChI=1S/C13H16O2S2/c1-4-9-6-5-7-10(13(16)17)11(9)8(2)12(14)15-3/h5-8H,4H2,1-3H3,(H,16,17). The number of aryl methyl sites for hydroxylation is 1. The lowest BCUT2D eigenvalue weighted by molar-refractivity contribution is -0.142. The molecule has 4 heteroatoms. The predicted octanol–water partition coefficient (Wildman–Crippen LogP) is 3.13. The maximum Gasteiger partial charge on any atom is 0.312 e. The van der Waals surface area contributed by atoms with Crippen LogP contribution in [-0.2, 0) is 16.0 Å². The Balaban J connectivity index is 3.36. The number of benzene rings is 1. The molecule has 0 saturated carbocycles. The molecule has 0 fully saturated rings. The van der Waals surface area contributed by atoms with Crippen LogP contribution in [0.4, 0.5) is 0 Å². The molecule has 1 aromatic rings. The van der Waals surface area contributed by atoms with Crippen LogP contribution in [0.1, 0.15) is 36.5 Å². The summed E-state index contributed by atoms with van der Waals surface area (Å²) in [6.07, 6.45) is 0.848. The van der Waals surface area contributed by atoms with E-state index in [0.717, 1.165) is 23.1 Å². The zero-order chi connectivity index (χ0) is 13.0. The van der Waals surface area contributed by atoms with Crippen LogP contribution >= 0.6 is 24.8 Å². The van der Waals surface area contributed by atoms with Crippen LogP contribution in [0.2, 0.25) is 0 Å². The second kappa shape index (κ2) is 6.17. The highest BCUT2D eigenvalue weighted by Gasteiger charge is 2.22. The highest BCUT2D eigenvalue weighted by Crippen LogP contribution is 2.27. The monoisotopic (exact) mass is 268 g/mol. The van der Waals surface area contributed by atoms with Crippen LogP contribution in [0.3, 0.4) is 0 Å². The van der Waals surface area contributed by atoms with Crippen LogP contribution in [0.15, 0.2) is 18.2 Å². The molecule has 0 N–H and O–H groups in total. The number of thiol groups is 1. The summed E-state index contributed by atoms with van der Waals surface area (Å²) in [5.41, 5.74) is 2.89. The van der Waals surface area contributed by atoms with Gasteiger partial charge in [0.25, 0.3) is 0 Å². The van der Waals surface area contributed by atoms with Gasteiger partial charge in [-0.05, 0) is 24.5 Å². The van der Waals surface area contributed by atoms with Gasteiger partial charge in [-0.1, -0.05) is 37.3 Å². The van der Waals surface area contributed by atoms with Crippen molar-refractivity contribution in [2.45, 2.75) is 26.2 Å². The summed E-state index contributed by atoms with van der Waals surface area (Å²) in [6.45, 7) is 3.88. The number of ether oxygens (including phenoxy) is 1. The molecule has 1 rings (SSSR count). The molecular formula is C13H16O2S2. The number of thiocarbonyl (C=S) groups is 1. The van der Waals surface area contributed by atoms with E-state index in [9.17, 15) is 4.79 Å². The fourth-order valence-corrected chi connectivity index (χ4v) is 2.29. The molecule has 92 valence electrons. The molecule has 1 aromatic carbocycles. The van der Waals surface area contributed by atoms with Crippen molar-refractivity contribution in [2.24, 2.45) is 0 Å². The largest absolute Gasteiger partial charge is 0.469 e. The van der Waals surface area contributed by atoms with Crippen LogP contribution in [0, 0.1) is 0 Å². The third-order valence-electron chi connectivity index (χ3n) is 2.80. The molecule has 0 aliphatic carbocycles. The molecule has 1 unspecified atom stereocenters. The van der Waals surface area contributed by atoms with Gasteiger partial charge in [-0.15, -0.1) is 12.6 Å². The molecule has 0 bridgehead atoms. The second-order valence-corrected chi connectivity index (χ2v) is 4.94. The number of hydrogen-bond acceptors (Lipinski definition) is 3. The molecule has 1 atom stereocenters. The molecule has 0 aliphatic heterocycles. The van der Waals surface area contributed by atoms with Crippen molar-refractivity contribution >= 4 is 35.0 Å². The summed E-state index contributed by atoms with van der Waals surface area (Å²) in [6, 6.07) is 5.83. The molecular weight excluding hydrogens is 252 g/mol. The number of methoxy groups -OCH3 is 1. The first kappa shape index (κ1) is 14.2. The summed E-state index contributed by atoms with van der Waals surface area (Å²) in [5.74, 6) is -0.576. The van der Waals surface area contributed by atoms with Gasteiger partial charge in [0.2, 0.25) is 0 Å². The Kier molecular flexibility index (Phi) is 5.15. The van der Waals surface area contributed by atoms with E-state index in [2.05, 4.69) is 12.6 Å². The highest BCUT2D eigenvalue weighted by molar-refractivity contribution is 8.11. The minimum atomic E-state index is -0.323. The summed E-state index contributed by atoms with van der Waals surface area (Å²) in [5, 5.41) is 0. The normalized spacial score (nSPS) is 12.0. The van der Waals surface area contributed by atoms with Crippen molar-refractivity contribution in [1.29, 1.82) is 0 Å². The third-order valence-corrected chi connectivity index (χ3v) is 3.26. The van der Waals surface area contributed by atoms with Crippen molar-refractivity contribution in [1.82, 2.24) is 0 Å². The third kappa shape index (κ3) is 3.07. The summed E-state index contributed by atoms with van der Waals surface area (Å²) >= 11 is 9.33. The molecule has 0 heterocycles. The molecule has 2 nitrogen and oxygen atoms in total. The Morgan fingerprint density at radius 3 is 2.65 bits per heavy atom. The van der Waals surface area contributed by atoms with Gasteiger partial charge in [-0.25, -0.2) is 0 Å². The van der Waals surface area contributed by atoms with Crippen molar-refractivity contribution in [3.63, 3.8) is 0 Å². The molecule has 17 heavy (non-hydrogen) atoms. The summed E-state index contributed by atoms with van der Waals surface area (Å²) < 4.78 is 5.30. The Bertz CT molecular complexity index is 441. The van der Waals surface area contributed by atoms with Gasteiger partial charge >= 0.3 is 5.97 Å². The first-order valence-corrected chi connectivity index (χ1v) is 6.31. The lowest BCUT2D eigenvalue weighted by Gasteiger charge is -2.17. The van der Waals surface area contributed by atoms with Crippen LogP contribution < -0.4 is 0 Å². The zero-order valence-electron chi connectivity index (χ0n) is 10.2. The first-order chi connectivity index (χ1) is 8.02. The number of rotatable bonds is 4. The Morgan fingerprint density at radius 1 is 1.53 bits per heavy atom. The predicted molar refractivity (Wildman–Crippen MR) is 76.9 cm³/mol. The van der Waals surface area contributed by atoms with E-state index >= 15 is 0 Å². The average molecular weight is 268 g/mol. The maximum atomic E-state index is 11.7. The topological polar surface area (TPSA) is 26.3 Å². The highest BCUT2D eigenvalue weighted by atomic mass is 32.1. The van der Waals surface area contributed by atoms with Gasteiger partial charge in [0.05, 0.1) is 17.2 Å². The van der Waals surface area contributed by atoms with Crippen LogP contribution in [0.5, 0.6) is 0 Å². The summed E-state index contributed by atoms with van der Waals surface area (Å²) in [4.78, 5) is 11.7. The van der Waals surface area contributed by atoms with Crippen molar-refractivity contribution < 1.29 is 9.53 Å². The Hall–Kier alpha value is -0.870. The number of carbonyl (C=O) groups is 1. The molecule has 0 aliphatic rings. The minimum absolute atomic E-state index is 0.253. The SMILES string of the molecule is CCc1cccc(C(=S)S)c1C(C)C(=O)OC. The van der Waals surface area contributed by atoms with Crippen molar-refractivity contribution in [3.8, 4) is 0 Å².